The highest BCUT2D eigenvalue weighted by Gasteiger charge is 2.22. The van der Waals surface area contributed by atoms with Crippen molar-refractivity contribution in [3.8, 4) is 0 Å². The summed E-state index contributed by atoms with van der Waals surface area (Å²) in [5, 5.41) is 0. The molecule has 1 aliphatic heterocycles. The minimum Gasteiger partial charge on any atom is -0.373 e. The fraction of sp³-hybridized carbons (Fsp3) is 0.625. The molecule has 1 fully saturated rings. The summed E-state index contributed by atoms with van der Waals surface area (Å²) in [6, 6.07) is 9.11. The molecule has 1 heterocycles. The summed E-state index contributed by atoms with van der Waals surface area (Å²) in [4.78, 5) is 0. The normalized spacial score (nSPS) is 22.2. The first-order chi connectivity index (χ1) is 8.19. The first-order valence-corrected chi connectivity index (χ1v) is 6.88. The SMILES string of the molecule is CCC(C)C(C)Cc1ccc(CC2CO2)cc1. The van der Waals surface area contributed by atoms with Crippen molar-refractivity contribution >= 4 is 0 Å². The van der Waals surface area contributed by atoms with Crippen molar-refractivity contribution < 1.29 is 4.74 Å². The monoisotopic (exact) mass is 232 g/mol. The molecular weight excluding hydrogens is 208 g/mol. The van der Waals surface area contributed by atoms with Gasteiger partial charge >= 0.3 is 0 Å². The zero-order valence-electron chi connectivity index (χ0n) is 11.3. The van der Waals surface area contributed by atoms with E-state index in [-0.39, 0.29) is 0 Å². The van der Waals surface area contributed by atoms with E-state index >= 15 is 0 Å². The largest absolute Gasteiger partial charge is 0.373 e. The second-order valence-corrected chi connectivity index (χ2v) is 5.54. The molecule has 1 heteroatoms. The molecule has 1 aromatic rings. The molecule has 0 aromatic heterocycles. The van der Waals surface area contributed by atoms with Crippen LogP contribution in [0, 0.1) is 11.8 Å². The second-order valence-electron chi connectivity index (χ2n) is 5.54. The Kier molecular flexibility index (Phi) is 4.22. The second kappa shape index (κ2) is 5.68. The molecule has 0 saturated carbocycles. The molecule has 0 N–H and O–H groups in total. The number of hydrogen-bond acceptors (Lipinski definition) is 1. The van der Waals surface area contributed by atoms with Gasteiger partial charge in [-0.1, -0.05) is 51.5 Å². The summed E-state index contributed by atoms with van der Waals surface area (Å²) in [7, 11) is 0. The molecule has 1 aromatic carbocycles. The Morgan fingerprint density at radius 2 is 1.71 bits per heavy atom. The number of benzene rings is 1. The molecule has 1 saturated heterocycles. The van der Waals surface area contributed by atoms with Gasteiger partial charge in [-0.25, -0.2) is 0 Å². The molecule has 0 amide bonds. The summed E-state index contributed by atoms with van der Waals surface area (Å²) in [5.41, 5.74) is 2.88. The molecule has 3 unspecified atom stereocenters. The lowest BCUT2D eigenvalue weighted by molar-refractivity contribution is 0.375. The average Bonchev–Trinajstić information content (AvgIpc) is 3.14. The first-order valence-electron chi connectivity index (χ1n) is 6.88. The Morgan fingerprint density at radius 3 is 2.24 bits per heavy atom. The van der Waals surface area contributed by atoms with Crippen molar-refractivity contribution in [2.24, 2.45) is 11.8 Å². The van der Waals surface area contributed by atoms with Crippen LogP contribution in [-0.4, -0.2) is 12.7 Å². The molecule has 2 rings (SSSR count). The Hall–Kier alpha value is -0.820. The van der Waals surface area contributed by atoms with E-state index in [1.54, 1.807) is 0 Å². The van der Waals surface area contributed by atoms with E-state index in [9.17, 15) is 0 Å². The van der Waals surface area contributed by atoms with Gasteiger partial charge in [-0.15, -0.1) is 0 Å². The van der Waals surface area contributed by atoms with Gasteiger partial charge in [0.25, 0.3) is 0 Å². The van der Waals surface area contributed by atoms with Crippen LogP contribution in [0.25, 0.3) is 0 Å². The molecule has 1 aliphatic rings. The number of hydrogen-bond donors (Lipinski definition) is 0. The van der Waals surface area contributed by atoms with Crippen molar-refractivity contribution in [3.63, 3.8) is 0 Å². The molecule has 17 heavy (non-hydrogen) atoms. The molecule has 0 aliphatic carbocycles. The zero-order chi connectivity index (χ0) is 12.3. The van der Waals surface area contributed by atoms with Gasteiger partial charge in [0.2, 0.25) is 0 Å². The zero-order valence-corrected chi connectivity index (χ0v) is 11.3. The van der Waals surface area contributed by atoms with Crippen LogP contribution in [0.15, 0.2) is 24.3 Å². The van der Waals surface area contributed by atoms with Crippen molar-refractivity contribution in [2.75, 3.05) is 6.61 Å². The predicted molar refractivity (Wildman–Crippen MR) is 72.2 cm³/mol. The Bertz CT molecular complexity index is 337. The minimum absolute atomic E-state index is 0.500. The lowest BCUT2D eigenvalue weighted by Crippen LogP contribution is -2.09. The third-order valence-corrected chi connectivity index (χ3v) is 4.06. The summed E-state index contributed by atoms with van der Waals surface area (Å²) in [5.74, 6) is 1.59. The van der Waals surface area contributed by atoms with Gasteiger partial charge in [-0.2, -0.15) is 0 Å². The third kappa shape index (κ3) is 3.85. The maximum atomic E-state index is 5.25. The van der Waals surface area contributed by atoms with E-state index in [1.807, 2.05) is 0 Å². The smallest absolute Gasteiger partial charge is 0.0850 e. The predicted octanol–water partition coefficient (Wildman–Crippen LogP) is 3.85. The lowest BCUT2D eigenvalue weighted by atomic mass is 9.88. The highest BCUT2D eigenvalue weighted by molar-refractivity contribution is 5.24. The van der Waals surface area contributed by atoms with E-state index in [1.165, 1.54) is 24.0 Å². The van der Waals surface area contributed by atoms with E-state index < -0.39 is 0 Å². The Balaban J connectivity index is 1.88. The molecule has 0 spiro atoms. The quantitative estimate of drug-likeness (QED) is 0.679. The van der Waals surface area contributed by atoms with Crippen LogP contribution < -0.4 is 0 Å². The molecular formula is C16H24O. The molecule has 3 atom stereocenters. The van der Waals surface area contributed by atoms with Gasteiger partial charge in [-0.3, -0.25) is 0 Å². The Labute approximate surface area is 105 Å². The maximum absolute atomic E-state index is 5.25. The van der Waals surface area contributed by atoms with Crippen LogP contribution in [-0.2, 0) is 17.6 Å². The van der Waals surface area contributed by atoms with Gasteiger partial charge in [0.05, 0.1) is 12.7 Å². The van der Waals surface area contributed by atoms with Gasteiger partial charge in [-0.05, 0) is 29.4 Å². The van der Waals surface area contributed by atoms with Crippen LogP contribution >= 0.6 is 0 Å². The van der Waals surface area contributed by atoms with Crippen LogP contribution in [0.4, 0.5) is 0 Å². The number of rotatable bonds is 6. The fourth-order valence-corrected chi connectivity index (χ4v) is 2.24. The average molecular weight is 232 g/mol. The molecule has 0 radical (unpaired) electrons. The van der Waals surface area contributed by atoms with Crippen molar-refractivity contribution in [2.45, 2.75) is 46.1 Å². The standard InChI is InChI=1S/C16H24O/c1-4-12(2)13(3)9-14-5-7-15(8-6-14)10-16-11-17-16/h5-8,12-13,16H,4,9-11H2,1-3H3. The highest BCUT2D eigenvalue weighted by Crippen LogP contribution is 2.21. The topological polar surface area (TPSA) is 12.5 Å². The summed E-state index contributed by atoms with van der Waals surface area (Å²) >= 11 is 0. The van der Waals surface area contributed by atoms with Crippen LogP contribution in [0.2, 0.25) is 0 Å². The summed E-state index contributed by atoms with van der Waals surface area (Å²) < 4.78 is 5.25. The van der Waals surface area contributed by atoms with E-state index in [0.717, 1.165) is 24.9 Å². The van der Waals surface area contributed by atoms with Crippen LogP contribution in [0.5, 0.6) is 0 Å². The van der Waals surface area contributed by atoms with E-state index in [2.05, 4.69) is 45.0 Å². The van der Waals surface area contributed by atoms with Gasteiger partial charge < -0.3 is 4.74 Å². The third-order valence-electron chi connectivity index (χ3n) is 4.06. The van der Waals surface area contributed by atoms with Crippen molar-refractivity contribution in [3.05, 3.63) is 35.4 Å². The first kappa shape index (κ1) is 12.6. The number of epoxide rings is 1. The molecule has 1 nitrogen and oxygen atoms in total. The van der Waals surface area contributed by atoms with Gasteiger partial charge in [0.15, 0.2) is 0 Å². The minimum atomic E-state index is 0.500. The molecule has 0 bridgehead atoms. The van der Waals surface area contributed by atoms with Crippen molar-refractivity contribution in [1.82, 2.24) is 0 Å². The number of ether oxygens (including phenoxy) is 1. The lowest BCUT2D eigenvalue weighted by Gasteiger charge is -2.18. The van der Waals surface area contributed by atoms with E-state index in [4.69, 9.17) is 4.74 Å². The summed E-state index contributed by atoms with van der Waals surface area (Å²) in [6.45, 7) is 7.94. The van der Waals surface area contributed by atoms with Crippen LogP contribution in [0.1, 0.15) is 38.3 Å². The van der Waals surface area contributed by atoms with Crippen LogP contribution in [0.3, 0.4) is 0 Å². The van der Waals surface area contributed by atoms with E-state index in [0.29, 0.717) is 6.10 Å². The summed E-state index contributed by atoms with van der Waals surface area (Å²) in [6.07, 6.45) is 4.06. The fourth-order valence-electron chi connectivity index (χ4n) is 2.24. The Morgan fingerprint density at radius 1 is 1.12 bits per heavy atom. The maximum Gasteiger partial charge on any atom is 0.0850 e. The van der Waals surface area contributed by atoms with Gasteiger partial charge in [0, 0.05) is 6.42 Å². The van der Waals surface area contributed by atoms with Gasteiger partial charge in [0.1, 0.15) is 0 Å². The van der Waals surface area contributed by atoms with Crippen molar-refractivity contribution in [1.29, 1.82) is 0 Å². The highest BCUT2D eigenvalue weighted by atomic mass is 16.6. The molecule has 94 valence electrons.